The fourth-order valence-corrected chi connectivity index (χ4v) is 1.85. The van der Waals surface area contributed by atoms with Crippen LogP contribution in [-0.4, -0.2) is 20.5 Å². The zero-order valence-electron chi connectivity index (χ0n) is 8.86. The molecule has 82 valence electrons. The van der Waals surface area contributed by atoms with E-state index in [4.69, 9.17) is 0 Å². The van der Waals surface area contributed by atoms with Crippen molar-refractivity contribution in [2.75, 3.05) is 6.26 Å². The van der Waals surface area contributed by atoms with E-state index >= 15 is 0 Å². The zero-order valence-corrected chi connectivity index (χ0v) is 9.67. The Morgan fingerprint density at radius 3 is 2.13 bits per heavy atom. The number of Topliss-reactive ketones (excluding diaryl/α,β-unsaturated/α-hetero) is 1. The first-order valence-corrected chi connectivity index (χ1v) is 6.57. The number of benzene rings is 1. The van der Waals surface area contributed by atoms with E-state index < -0.39 is 9.84 Å². The summed E-state index contributed by atoms with van der Waals surface area (Å²) in [7, 11) is -3.12. The highest BCUT2D eigenvalue weighted by Gasteiger charge is 2.06. The van der Waals surface area contributed by atoms with Crippen molar-refractivity contribution in [1.29, 1.82) is 0 Å². The second-order valence-electron chi connectivity index (χ2n) is 3.62. The van der Waals surface area contributed by atoms with Crippen LogP contribution >= 0.6 is 0 Å². The smallest absolute Gasteiger partial charge is 0.175 e. The van der Waals surface area contributed by atoms with Crippen molar-refractivity contribution in [2.24, 2.45) is 0 Å². The molecule has 1 aromatic carbocycles. The van der Waals surface area contributed by atoms with Gasteiger partial charge in [0.05, 0.1) is 4.90 Å². The molecule has 0 heterocycles. The standard InChI is InChI=1S/C11H14O3S/c1-9(12)3-4-10-5-7-11(8-6-10)15(2,13)14/h5-8H,3-4H2,1-2H3. The third-order valence-electron chi connectivity index (χ3n) is 2.12. The molecule has 0 saturated carbocycles. The number of hydrogen-bond acceptors (Lipinski definition) is 3. The van der Waals surface area contributed by atoms with Crippen LogP contribution in [0.5, 0.6) is 0 Å². The van der Waals surface area contributed by atoms with Crippen LogP contribution < -0.4 is 0 Å². The molecule has 0 saturated heterocycles. The van der Waals surface area contributed by atoms with Gasteiger partial charge in [-0.15, -0.1) is 0 Å². The first-order valence-electron chi connectivity index (χ1n) is 4.68. The van der Waals surface area contributed by atoms with Gasteiger partial charge in [0.15, 0.2) is 9.84 Å². The van der Waals surface area contributed by atoms with Crippen molar-refractivity contribution in [2.45, 2.75) is 24.7 Å². The molecule has 4 heteroatoms. The van der Waals surface area contributed by atoms with Crippen LogP contribution in [0.25, 0.3) is 0 Å². The Morgan fingerprint density at radius 1 is 1.20 bits per heavy atom. The maximum absolute atomic E-state index is 11.2. The van der Waals surface area contributed by atoms with Gasteiger partial charge in [0.2, 0.25) is 0 Å². The minimum Gasteiger partial charge on any atom is -0.300 e. The summed E-state index contributed by atoms with van der Waals surface area (Å²) in [5.41, 5.74) is 0.984. The van der Waals surface area contributed by atoms with Crippen molar-refractivity contribution in [3.63, 3.8) is 0 Å². The van der Waals surface area contributed by atoms with Gasteiger partial charge in [-0.2, -0.15) is 0 Å². The van der Waals surface area contributed by atoms with Crippen molar-refractivity contribution in [1.82, 2.24) is 0 Å². The summed E-state index contributed by atoms with van der Waals surface area (Å²) in [6, 6.07) is 6.65. The van der Waals surface area contributed by atoms with E-state index in [1.54, 1.807) is 31.2 Å². The fraction of sp³-hybridized carbons (Fsp3) is 0.364. The lowest BCUT2D eigenvalue weighted by molar-refractivity contribution is -0.116. The van der Waals surface area contributed by atoms with Crippen LogP contribution in [0.15, 0.2) is 29.2 Å². The Bertz CT molecular complexity index is 443. The third kappa shape index (κ3) is 3.83. The number of sulfone groups is 1. The third-order valence-corrected chi connectivity index (χ3v) is 3.25. The number of rotatable bonds is 4. The number of carbonyl (C=O) groups excluding carboxylic acids is 1. The SMILES string of the molecule is CC(=O)CCc1ccc(S(C)(=O)=O)cc1. The van der Waals surface area contributed by atoms with Crippen LogP contribution in [0.1, 0.15) is 18.9 Å². The summed E-state index contributed by atoms with van der Waals surface area (Å²) < 4.78 is 22.3. The molecule has 0 aliphatic heterocycles. The Morgan fingerprint density at radius 2 is 1.73 bits per heavy atom. The molecule has 0 spiro atoms. The van der Waals surface area contributed by atoms with E-state index in [9.17, 15) is 13.2 Å². The summed E-state index contributed by atoms with van der Waals surface area (Å²) in [5.74, 6) is 0.141. The van der Waals surface area contributed by atoms with Crippen LogP contribution in [-0.2, 0) is 21.1 Å². The van der Waals surface area contributed by atoms with Gasteiger partial charge in [0.1, 0.15) is 5.78 Å². The predicted molar refractivity (Wildman–Crippen MR) is 58.6 cm³/mol. The van der Waals surface area contributed by atoms with Crippen LogP contribution in [0, 0.1) is 0 Å². The van der Waals surface area contributed by atoms with Gasteiger partial charge in [0, 0.05) is 12.7 Å². The molecular weight excluding hydrogens is 212 g/mol. The average molecular weight is 226 g/mol. The minimum absolute atomic E-state index is 0.141. The molecule has 0 unspecified atom stereocenters. The highest BCUT2D eigenvalue weighted by atomic mass is 32.2. The maximum atomic E-state index is 11.2. The van der Waals surface area contributed by atoms with Crippen molar-refractivity contribution < 1.29 is 13.2 Å². The first kappa shape index (κ1) is 11.9. The largest absolute Gasteiger partial charge is 0.300 e. The molecule has 0 bridgehead atoms. The van der Waals surface area contributed by atoms with Gasteiger partial charge in [-0.25, -0.2) is 8.42 Å². The van der Waals surface area contributed by atoms with Crippen molar-refractivity contribution in [3.05, 3.63) is 29.8 Å². The minimum atomic E-state index is -3.12. The predicted octanol–water partition coefficient (Wildman–Crippen LogP) is 1.61. The molecule has 15 heavy (non-hydrogen) atoms. The average Bonchev–Trinajstić information content (AvgIpc) is 2.14. The van der Waals surface area contributed by atoms with Crippen molar-refractivity contribution in [3.8, 4) is 0 Å². The number of carbonyl (C=O) groups is 1. The molecular formula is C11H14O3S. The highest BCUT2D eigenvalue weighted by molar-refractivity contribution is 7.90. The van der Waals surface area contributed by atoms with E-state index in [2.05, 4.69) is 0 Å². The molecule has 1 aromatic rings. The number of ketones is 1. The molecule has 0 fully saturated rings. The van der Waals surface area contributed by atoms with Crippen molar-refractivity contribution >= 4 is 15.6 Å². The molecule has 0 N–H and O–H groups in total. The summed E-state index contributed by atoms with van der Waals surface area (Å²) in [6.07, 6.45) is 2.34. The number of aryl methyl sites for hydroxylation is 1. The molecule has 0 atom stereocenters. The molecule has 3 nitrogen and oxygen atoms in total. The van der Waals surface area contributed by atoms with Crippen LogP contribution in [0.4, 0.5) is 0 Å². The van der Waals surface area contributed by atoms with E-state index in [1.165, 1.54) is 6.26 Å². The molecule has 0 aliphatic carbocycles. The summed E-state index contributed by atoms with van der Waals surface area (Å²) >= 11 is 0. The van der Waals surface area contributed by atoms with Crippen LogP contribution in [0.3, 0.4) is 0 Å². The maximum Gasteiger partial charge on any atom is 0.175 e. The summed E-state index contributed by atoms with van der Waals surface area (Å²) in [4.78, 5) is 11.1. The van der Waals surface area contributed by atoms with Gasteiger partial charge in [-0.3, -0.25) is 0 Å². The monoisotopic (exact) mass is 226 g/mol. The second-order valence-corrected chi connectivity index (χ2v) is 5.63. The topological polar surface area (TPSA) is 51.2 Å². The molecule has 0 amide bonds. The summed E-state index contributed by atoms with van der Waals surface area (Å²) in [5, 5.41) is 0. The number of hydrogen-bond donors (Lipinski definition) is 0. The normalized spacial score (nSPS) is 11.3. The lowest BCUT2D eigenvalue weighted by Crippen LogP contribution is -1.98. The fourth-order valence-electron chi connectivity index (χ4n) is 1.22. The van der Waals surface area contributed by atoms with E-state index in [1.807, 2.05) is 0 Å². The molecule has 0 aromatic heterocycles. The van der Waals surface area contributed by atoms with Crippen LogP contribution in [0.2, 0.25) is 0 Å². The van der Waals surface area contributed by atoms with Gasteiger partial charge in [0.25, 0.3) is 0 Å². The Balaban J connectivity index is 2.77. The Hall–Kier alpha value is -1.16. The Labute approximate surface area is 90.0 Å². The zero-order chi connectivity index (χ0) is 11.5. The van der Waals surface area contributed by atoms with Gasteiger partial charge in [-0.05, 0) is 31.0 Å². The van der Waals surface area contributed by atoms with E-state index in [-0.39, 0.29) is 5.78 Å². The van der Waals surface area contributed by atoms with E-state index in [0.717, 1.165) is 5.56 Å². The molecule has 0 aliphatic rings. The van der Waals surface area contributed by atoms with Gasteiger partial charge in [-0.1, -0.05) is 12.1 Å². The lowest BCUT2D eigenvalue weighted by atomic mass is 10.1. The quantitative estimate of drug-likeness (QED) is 0.783. The Kier molecular flexibility index (Phi) is 3.63. The lowest BCUT2D eigenvalue weighted by Gasteiger charge is -2.01. The molecule has 0 radical (unpaired) electrons. The first-order chi connectivity index (χ1) is 6.89. The molecule has 1 rings (SSSR count). The second kappa shape index (κ2) is 4.57. The van der Waals surface area contributed by atoms with Gasteiger partial charge >= 0.3 is 0 Å². The highest BCUT2D eigenvalue weighted by Crippen LogP contribution is 2.11. The van der Waals surface area contributed by atoms with E-state index in [0.29, 0.717) is 17.7 Å². The summed E-state index contributed by atoms with van der Waals surface area (Å²) in [6.45, 7) is 1.55. The van der Waals surface area contributed by atoms with Gasteiger partial charge < -0.3 is 4.79 Å².